The molecule has 2 N–H and O–H groups in total. The van der Waals surface area contributed by atoms with E-state index in [1.807, 2.05) is 78.9 Å². The fraction of sp³-hybridized carbons (Fsp3) is 0.0455. The highest BCUT2D eigenvalue weighted by Gasteiger charge is 2.08. The van der Waals surface area contributed by atoms with E-state index in [1.54, 1.807) is 13.3 Å². The zero-order valence-corrected chi connectivity index (χ0v) is 15.7. The molecule has 0 bridgehead atoms. The second-order valence-electron chi connectivity index (χ2n) is 6.06. The number of anilines is 4. The summed E-state index contributed by atoms with van der Waals surface area (Å²) in [6.07, 6.45) is 1.55. The first-order valence-corrected chi connectivity index (χ1v) is 9.00. The summed E-state index contributed by atoms with van der Waals surface area (Å²) in [5, 5.41) is 14.5. The van der Waals surface area contributed by atoms with Crippen molar-refractivity contribution in [1.82, 2.24) is 15.2 Å². The normalized spacial score (nSPS) is 10.2. The molecule has 4 aromatic rings. The van der Waals surface area contributed by atoms with E-state index in [-0.39, 0.29) is 0 Å². The zero-order chi connectivity index (χ0) is 19.9. The number of hydrogen-bond acceptors (Lipinski definition) is 7. The average molecular weight is 385 g/mol. The minimum absolute atomic E-state index is 0.349. The molecule has 1 heterocycles. The van der Waals surface area contributed by atoms with E-state index in [0.717, 1.165) is 22.9 Å². The number of hydrogen-bond donors (Lipinski definition) is 2. The molecule has 0 atom stereocenters. The lowest BCUT2D eigenvalue weighted by atomic mass is 10.3. The van der Waals surface area contributed by atoms with Gasteiger partial charge in [0.25, 0.3) is 0 Å². The summed E-state index contributed by atoms with van der Waals surface area (Å²) in [5.74, 6) is 3.06. The van der Waals surface area contributed by atoms with Crippen LogP contribution in [0.1, 0.15) is 0 Å². The summed E-state index contributed by atoms with van der Waals surface area (Å²) in [6, 6.07) is 24.7. The molecule has 4 rings (SSSR count). The van der Waals surface area contributed by atoms with Crippen LogP contribution in [-0.2, 0) is 0 Å². The first-order chi connectivity index (χ1) is 14.3. The average Bonchev–Trinajstić information content (AvgIpc) is 2.76. The van der Waals surface area contributed by atoms with Crippen LogP contribution < -0.4 is 20.1 Å². The van der Waals surface area contributed by atoms with E-state index in [4.69, 9.17) is 9.47 Å². The van der Waals surface area contributed by atoms with Crippen LogP contribution in [0, 0.1) is 0 Å². The van der Waals surface area contributed by atoms with E-state index in [9.17, 15) is 0 Å². The van der Waals surface area contributed by atoms with Crippen molar-refractivity contribution in [2.45, 2.75) is 0 Å². The minimum atomic E-state index is 0.349. The number of para-hydroxylation sites is 3. The van der Waals surface area contributed by atoms with Gasteiger partial charge in [0.2, 0.25) is 5.95 Å². The maximum absolute atomic E-state index is 5.97. The van der Waals surface area contributed by atoms with E-state index in [1.165, 1.54) is 0 Å². The Morgan fingerprint density at radius 1 is 0.793 bits per heavy atom. The van der Waals surface area contributed by atoms with Gasteiger partial charge in [0.05, 0.1) is 19.0 Å². The lowest BCUT2D eigenvalue weighted by molar-refractivity contribution is 0.415. The van der Waals surface area contributed by atoms with Crippen molar-refractivity contribution < 1.29 is 9.47 Å². The Labute approximate surface area is 168 Å². The molecule has 0 aliphatic rings. The van der Waals surface area contributed by atoms with Crippen LogP contribution in [0.25, 0.3) is 0 Å². The lowest BCUT2D eigenvalue weighted by Gasteiger charge is -2.12. The summed E-state index contributed by atoms with van der Waals surface area (Å²) >= 11 is 0. The molecule has 0 saturated carbocycles. The Balaban J connectivity index is 1.52. The molecule has 7 nitrogen and oxygen atoms in total. The highest BCUT2D eigenvalue weighted by atomic mass is 16.5. The van der Waals surface area contributed by atoms with Crippen LogP contribution in [0.2, 0.25) is 0 Å². The first-order valence-electron chi connectivity index (χ1n) is 9.00. The molecule has 0 aliphatic heterocycles. The van der Waals surface area contributed by atoms with Gasteiger partial charge in [-0.15, -0.1) is 5.10 Å². The van der Waals surface area contributed by atoms with Gasteiger partial charge in [0.1, 0.15) is 11.5 Å². The summed E-state index contributed by atoms with van der Waals surface area (Å²) in [5.41, 5.74) is 1.57. The van der Waals surface area contributed by atoms with Crippen molar-refractivity contribution in [3.63, 3.8) is 0 Å². The Morgan fingerprint density at radius 3 is 2.45 bits per heavy atom. The van der Waals surface area contributed by atoms with Crippen LogP contribution in [-0.4, -0.2) is 22.3 Å². The number of methoxy groups -OCH3 is 1. The number of ether oxygens (including phenoxy) is 2. The van der Waals surface area contributed by atoms with Crippen LogP contribution in [0.4, 0.5) is 23.1 Å². The predicted molar refractivity (Wildman–Crippen MR) is 112 cm³/mol. The molecule has 0 amide bonds. The molecule has 0 saturated heterocycles. The third kappa shape index (κ3) is 4.78. The summed E-state index contributed by atoms with van der Waals surface area (Å²) in [7, 11) is 1.63. The van der Waals surface area contributed by atoms with Gasteiger partial charge in [0, 0.05) is 11.8 Å². The molecular weight excluding hydrogens is 366 g/mol. The zero-order valence-electron chi connectivity index (χ0n) is 15.7. The smallest absolute Gasteiger partial charge is 0.249 e. The third-order valence-electron chi connectivity index (χ3n) is 4.01. The monoisotopic (exact) mass is 385 g/mol. The molecule has 1 aromatic heterocycles. The Kier molecular flexibility index (Phi) is 5.48. The van der Waals surface area contributed by atoms with Crippen molar-refractivity contribution in [3.8, 4) is 17.2 Å². The minimum Gasteiger partial charge on any atom is -0.497 e. The largest absolute Gasteiger partial charge is 0.497 e. The second-order valence-corrected chi connectivity index (χ2v) is 6.06. The number of nitrogens with zero attached hydrogens (tertiary/aromatic N) is 3. The number of nitrogens with one attached hydrogen (secondary N) is 2. The quantitative estimate of drug-likeness (QED) is 0.455. The second kappa shape index (κ2) is 8.71. The molecule has 0 fully saturated rings. The number of rotatable bonds is 7. The van der Waals surface area contributed by atoms with E-state index < -0.39 is 0 Å². The molecule has 0 spiro atoms. The lowest BCUT2D eigenvalue weighted by Crippen LogP contribution is -2.03. The van der Waals surface area contributed by atoms with Gasteiger partial charge in [-0.05, 0) is 36.4 Å². The van der Waals surface area contributed by atoms with Crippen molar-refractivity contribution >= 4 is 23.1 Å². The molecule has 7 heteroatoms. The molecule has 3 aromatic carbocycles. The van der Waals surface area contributed by atoms with Crippen molar-refractivity contribution in [3.05, 3.63) is 85.1 Å². The Bertz CT molecular complexity index is 1090. The highest BCUT2D eigenvalue weighted by Crippen LogP contribution is 2.30. The van der Waals surface area contributed by atoms with Gasteiger partial charge < -0.3 is 20.1 Å². The molecule has 29 heavy (non-hydrogen) atoms. The van der Waals surface area contributed by atoms with Crippen LogP contribution in [0.5, 0.6) is 17.2 Å². The van der Waals surface area contributed by atoms with Crippen molar-refractivity contribution in [1.29, 1.82) is 0 Å². The summed E-state index contributed by atoms with van der Waals surface area (Å²) in [6.45, 7) is 0. The molecule has 144 valence electrons. The molecular formula is C22H19N5O2. The van der Waals surface area contributed by atoms with Gasteiger partial charge in [-0.1, -0.05) is 36.4 Å². The first kappa shape index (κ1) is 18.2. The van der Waals surface area contributed by atoms with E-state index in [0.29, 0.717) is 17.5 Å². The third-order valence-corrected chi connectivity index (χ3v) is 4.01. The number of benzene rings is 3. The predicted octanol–water partition coefficient (Wildman–Crippen LogP) is 5.16. The van der Waals surface area contributed by atoms with Gasteiger partial charge in [0.15, 0.2) is 11.6 Å². The SMILES string of the molecule is COc1cccc(Nc2cnnc(Nc3ccccc3Oc3ccccc3)n2)c1. The maximum Gasteiger partial charge on any atom is 0.249 e. The summed E-state index contributed by atoms with van der Waals surface area (Å²) in [4.78, 5) is 4.47. The topological polar surface area (TPSA) is 81.2 Å². The van der Waals surface area contributed by atoms with Crippen LogP contribution >= 0.6 is 0 Å². The molecule has 0 aliphatic carbocycles. The van der Waals surface area contributed by atoms with Crippen molar-refractivity contribution in [2.75, 3.05) is 17.7 Å². The van der Waals surface area contributed by atoms with Gasteiger partial charge in [-0.2, -0.15) is 10.1 Å². The maximum atomic E-state index is 5.97. The van der Waals surface area contributed by atoms with Gasteiger partial charge in [-0.25, -0.2) is 0 Å². The van der Waals surface area contributed by atoms with Gasteiger partial charge >= 0.3 is 0 Å². The Hall–Kier alpha value is -4.13. The number of aromatic nitrogens is 3. The Morgan fingerprint density at radius 2 is 1.59 bits per heavy atom. The van der Waals surface area contributed by atoms with Crippen LogP contribution in [0.3, 0.4) is 0 Å². The standard InChI is InChI=1S/C22H19N5O2/c1-28-18-11-7-8-16(14-18)24-21-15-23-27-22(26-21)25-19-12-5-6-13-20(19)29-17-9-3-2-4-10-17/h2-15H,1H3,(H2,24,25,26,27). The van der Waals surface area contributed by atoms with Crippen LogP contribution in [0.15, 0.2) is 85.1 Å². The molecule has 0 unspecified atom stereocenters. The fourth-order valence-corrected chi connectivity index (χ4v) is 2.66. The molecule has 0 radical (unpaired) electrons. The summed E-state index contributed by atoms with van der Waals surface area (Å²) < 4.78 is 11.2. The van der Waals surface area contributed by atoms with Crippen molar-refractivity contribution in [2.24, 2.45) is 0 Å². The van der Waals surface area contributed by atoms with E-state index in [2.05, 4.69) is 25.8 Å². The van der Waals surface area contributed by atoms with E-state index >= 15 is 0 Å². The van der Waals surface area contributed by atoms with Gasteiger partial charge in [-0.3, -0.25) is 0 Å². The highest BCUT2D eigenvalue weighted by molar-refractivity contribution is 5.64. The fourth-order valence-electron chi connectivity index (χ4n) is 2.66.